The molecule has 2 aliphatic heterocycles. The van der Waals surface area contributed by atoms with Gasteiger partial charge in [0.05, 0.1) is 11.8 Å². The lowest BCUT2D eigenvalue weighted by Gasteiger charge is -2.28. The Kier molecular flexibility index (Phi) is 4.24. The number of piperidine rings is 1. The van der Waals surface area contributed by atoms with E-state index in [2.05, 4.69) is 5.32 Å². The highest BCUT2D eigenvalue weighted by atomic mass is 32.2. The second-order valence-corrected chi connectivity index (χ2v) is 7.23. The van der Waals surface area contributed by atoms with Crippen molar-refractivity contribution in [1.29, 1.82) is 0 Å². The van der Waals surface area contributed by atoms with Crippen molar-refractivity contribution in [3.63, 3.8) is 0 Å². The van der Waals surface area contributed by atoms with E-state index < -0.39 is 10.0 Å². The Labute approximate surface area is 108 Å². The summed E-state index contributed by atoms with van der Waals surface area (Å²) in [5.74, 6) is -0.111. The van der Waals surface area contributed by atoms with Crippen LogP contribution in [0.3, 0.4) is 0 Å². The average Bonchev–Trinajstić information content (AvgIpc) is 2.54. The summed E-state index contributed by atoms with van der Waals surface area (Å²) in [5.41, 5.74) is 0. The first-order valence-electron chi connectivity index (χ1n) is 6.45. The van der Waals surface area contributed by atoms with Crippen LogP contribution in [-0.2, 0) is 14.8 Å². The zero-order valence-corrected chi connectivity index (χ0v) is 11.6. The van der Waals surface area contributed by atoms with Crippen molar-refractivity contribution in [3.05, 3.63) is 0 Å². The third-order valence-corrected chi connectivity index (χ3v) is 5.95. The number of likely N-dealkylation sites (N-methyl/N-ethyl adjacent to an activating group) is 1. The Hall–Kier alpha value is -0.660. The molecule has 6 nitrogen and oxygen atoms in total. The van der Waals surface area contributed by atoms with Crippen molar-refractivity contribution in [2.45, 2.75) is 24.5 Å². The summed E-state index contributed by atoms with van der Waals surface area (Å²) >= 11 is 0. The van der Waals surface area contributed by atoms with Crippen LogP contribution in [0.2, 0.25) is 0 Å². The SMILES string of the molecule is CN1CCCN(S(=O)(=O)C2CCCNC2)CC1=O. The lowest BCUT2D eigenvalue weighted by Crippen LogP contribution is -2.48. The van der Waals surface area contributed by atoms with Crippen LogP contribution in [0.4, 0.5) is 0 Å². The van der Waals surface area contributed by atoms with Gasteiger partial charge in [-0.15, -0.1) is 0 Å². The number of amides is 1. The van der Waals surface area contributed by atoms with Crippen molar-refractivity contribution >= 4 is 15.9 Å². The molecule has 7 heteroatoms. The average molecular weight is 275 g/mol. The standard InChI is InChI=1S/C11H21N3O3S/c1-13-6-3-7-14(9-11(13)15)18(16,17)10-4-2-5-12-8-10/h10,12H,2-9H2,1H3. The minimum Gasteiger partial charge on any atom is -0.345 e. The molecule has 0 bridgehead atoms. The van der Waals surface area contributed by atoms with E-state index >= 15 is 0 Å². The number of sulfonamides is 1. The summed E-state index contributed by atoms with van der Waals surface area (Å²) in [6.45, 7) is 2.47. The molecule has 18 heavy (non-hydrogen) atoms. The highest BCUT2D eigenvalue weighted by Crippen LogP contribution is 2.18. The molecule has 0 saturated carbocycles. The van der Waals surface area contributed by atoms with Gasteiger partial charge in [0.25, 0.3) is 0 Å². The number of hydrogen-bond acceptors (Lipinski definition) is 4. The van der Waals surface area contributed by atoms with Crippen LogP contribution in [0.25, 0.3) is 0 Å². The van der Waals surface area contributed by atoms with Crippen molar-refractivity contribution in [2.24, 2.45) is 0 Å². The van der Waals surface area contributed by atoms with Crippen molar-refractivity contribution in [1.82, 2.24) is 14.5 Å². The van der Waals surface area contributed by atoms with Gasteiger partial charge in [-0.05, 0) is 25.8 Å². The molecule has 1 N–H and O–H groups in total. The molecule has 104 valence electrons. The third-order valence-electron chi connectivity index (χ3n) is 3.67. The second kappa shape index (κ2) is 5.54. The first kappa shape index (κ1) is 13.8. The van der Waals surface area contributed by atoms with Gasteiger partial charge in [0.2, 0.25) is 15.9 Å². The molecule has 2 rings (SSSR count). The Morgan fingerprint density at radius 1 is 1.28 bits per heavy atom. The van der Waals surface area contributed by atoms with Crippen LogP contribution in [0.1, 0.15) is 19.3 Å². The number of rotatable bonds is 2. The molecule has 2 heterocycles. The number of nitrogens with one attached hydrogen (secondary N) is 1. The first-order valence-corrected chi connectivity index (χ1v) is 7.96. The smallest absolute Gasteiger partial charge is 0.237 e. The molecule has 0 aliphatic carbocycles. The molecule has 1 unspecified atom stereocenters. The zero-order valence-electron chi connectivity index (χ0n) is 10.8. The van der Waals surface area contributed by atoms with Gasteiger partial charge >= 0.3 is 0 Å². The van der Waals surface area contributed by atoms with E-state index in [9.17, 15) is 13.2 Å². The number of carbonyl (C=O) groups excluding carboxylic acids is 1. The molecule has 1 atom stereocenters. The maximum Gasteiger partial charge on any atom is 0.237 e. The summed E-state index contributed by atoms with van der Waals surface area (Å²) in [7, 11) is -1.62. The Bertz CT molecular complexity index is 404. The highest BCUT2D eigenvalue weighted by molar-refractivity contribution is 7.89. The summed E-state index contributed by atoms with van der Waals surface area (Å²) in [6.07, 6.45) is 2.28. The predicted molar refractivity (Wildman–Crippen MR) is 68.6 cm³/mol. The topological polar surface area (TPSA) is 69.7 Å². The van der Waals surface area contributed by atoms with Gasteiger partial charge in [-0.3, -0.25) is 4.79 Å². The van der Waals surface area contributed by atoms with E-state index in [1.165, 1.54) is 4.31 Å². The molecule has 0 aromatic heterocycles. The number of hydrogen-bond donors (Lipinski definition) is 1. The van der Waals surface area contributed by atoms with E-state index in [0.29, 0.717) is 32.5 Å². The van der Waals surface area contributed by atoms with Gasteiger partial charge in [0.1, 0.15) is 0 Å². The molecule has 2 aliphatic rings. The molecule has 0 radical (unpaired) electrons. The third kappa shape index (κ3) is 2.84. The molecule has 0 spiro atoms. The van der Waals surface area contributed by atoms with E-state index in [-0.39, 0.29) is 17.7 Å². The fourth-order valence-electron chi connectivity index (χ4n) is 2.46. The van der Waals surface area contributed by atoms with Crippen LogP contribution in [0.15, 0.2) is 0 Å². The molecule has 2 saturated heterocycles. The van der Waals surface area contributed by atoms with Gasteiger partial charge < -0.3 is 10.2 Å². The van der Waals surface area contributed by atoms with Crippen LogP contribution in [0, 0.1) is 0 Å². The molecular weight excluding hydrogens is 254 g/mol. The van der Waals surface area contributed by atoms with E-state index in [1.54, 1.807) is 11.9 Å². The van der Waals surface area contributed by atoms with Crippen molar-refractivity contribution in [2.75, 3.05) is 39.8 Å². The van der Waals surface area contributed by atoms with Gasteiger partial charge in [-0.2, -0.15) is 4.31 Å². The normalized spacial score (nSPS) is 28.2. The summed E-state index contributed by atoms with van der Waals surface area (Å²) < 4.78 is 26.3. The lowest BCUT2D eigenvalue weighted by atomic mass is 10.2. The fourth-order valence-corrected chi connectivity index (χ4v) is 4.35. The van der Waals surface area contributed by atoms with Gasteiger partial charge in [0, 0.05) is 26.7 Å². The number of nitrogens with zero attached hydrogens (tertiary/aromatic N) is 2. The Balaban J connectivity index is 2.10. The monoisotopic (exact) mass is 275 g/mol. The van der Waals surface area contributed by atoms with Crippen molar-refractivity contribution in [3.8, 4) is 0 Å². The van der Waals surface area contributed by atoms with Gasteiger partial charge in [-0.25, -0.2) is 8.42 Å². The lowest BCUT2D eigenvalue weighted by molar-refractivity contribution is -0.129. The molecule has 1 amide bonds. The van der Waals surface area contributed by atoms with Crippen LogP contribution in [-0.4, -0.2) is 68.6 Å². The zero-order chi connectivity index (χ0) is 13.2. The predicted octanol–water partition coefficient (Wildman–Crippen LogP) is -0.768. The van der Waals surface area contributed by atoms with E-state index in [1.807, 2.05) is 0 Å². The van der Waals surface area contributed by atoms with Gasteiger partial charge in [-0.1, -0.05) is 0 Å². The maximum atomic E-state index is 12.5. The van der Waals surface area contributed by atoms with Gasteiger partial charge in [0.15, 0.2) is 0 Å². The minimum atomic E-state index is -3.34. The first-order chi connectivity index (χ1) is 8.51. The van der Waals surface area contributed by atoms with Crippen molar-refractivity contribution < 1.29 is 13.2 Å². The van der Waals surface area contributed by atoms with E-state index in [0.717, 1.165) is 13.0 Å². The second-order valence-electron chi connectivity index (χ2n) is 5.02. The Morgan fingerprint density at radius 2 is 2.06 bits per heavy atom. The highest BCUT2D eigenvalue weighted by Gasteiger charge is 2.35. The molecular formula is C11H21N3O3S. The quantitative estimate of drug-likeness (QED) is 0.719. The molecule has 0 aromatic carbocycles. The Morgan fingerprint density at radius 3 is 2.72 bits per heavy atom. The summed E-state index contributed by atoms with van der Waals surface area (Å²) in [5, 5.41) is 2.74. The van der Waals surface area contributed by atoms with Crippen LogP contribution >= 0.6 is 0 Å². The fraction of sp³-hybridized carbons (Fsp3) is 0.909. The minimum absolute atomic E-state index is 0.00463. The largest absolute Gasteiger partial charge is 0.345 e. The molecule has 2 fully saturated rings. The molecule has 0 aromatic rings. The van der Waals surface area contributed by atoms with Crippen LogP contribution in [0.5, 0.6) is 0 Å². The maximum absolute atomic E-state index is 12.5. The summed E-state index contributed by atoms with van der Waals surface area (Å²) in [6, 6.07) is 0. The number of carbonyl (C=O) groups is 1. The van der Waals surface area contributed by atoms with E-state index in [4.69, 9.17) is 0 Å². The summed E-state index contributed by atoms with van der Waals surface area (Å²) in [4.78, 5) is 13.4. The van der Waals surface area contributed by atoms with Crippen LogP contribution < -0.4 is 5.32 Å².